The quantitative estimate of drug-likeness (QED) is 0.293. The number of allylic oxidation sites excluding steroid dienone is 2. The molecule has 1 aliphatic heterocycles. The number of Topliss-reactive ketones (excluding diaryl/α,β-unsaturated/α-hetero) is 1. The average molecular weight is 445 g/mol. The number of anilines is 1. The van der Waals surface area contributed by atoms with Crippen LogP contribution in [-0.4, -0.2) is 37.3 Å². The molecule has 0 radical (unpaired) electrons. The third-order valence-corrected chi connectivity index (χ3v) is 6.97. The van der Waals surface area contributed by atoms with Crippen LogP contribution in [0, 0.1) is 23.7 Å². The van der Waals surface area contributed by atoms with Crippen molar-refractivity contribution in [3.05, 3.63) is 71.3 Å². The van der Waals surface area contributed by atoms with E-state index in [0.717, 1.165) is 6.42 Å². The summed E-state index contributed by atoms with van der Waals surface area (Å²) in [5.41, 5.74) is 2.26. The molecular weight excluding hydrogens is 422 g/mol. The molecule has 168 valence electrons. The van der Waals surface area contributed by atoms with Crippen LogP contribution in [0.4, 0.5) is 5.69 Å². The number of esters is 1. The summed E-state index contributed by atoms with van der Waals surface area (Å²) in [6.07, 6.45) is 3.01. The van der Waals surface area contributed by atoms with Gasteiger partial charge in [0.2, 0.25) is 11.8 Å². The second kappa shape index (κ2) is 7.99. The predicted molar refractivity (Wildman–Crippen MR) is 119 cm³/mol. The lowest BCUT2D eigenvalue weighted by atomic mass is 9.82. The Morgan fingerprint density at radius 3 is 2.45 bits per heavy atom. The van der Waals surface area contributed by atoms with Crippen LogP contribution in [0.2, 0.25) is 0 Å². The molecule has 2 aromatic rings. The van der Waals surface area contributed by atoms with Crippen LogP contribution < -0.4 is 9.64 Å². The van der Waals surface area contributed by atoms with Crippen molar-refractivity contribution < 1.29 is 28.7 Å². The van der Waals surface area contributed by atoms with Crippen LogP contribution in [0.15, 0.2) is 60.2 Å². The molecule has 3 aliphatic rings. The highest BCUT2D eigenvalue weighted by molar-refractivity contribution is 6.23. The minimum absolute atomic E-state index is 0.137. The van der Waals surface area contributed by atoms with Gasteiger partial charge in [0.05, 0.1) is 30.2 Å². The molecule has 2 amide bonds. The number of methoxy groups -OCH3 is 1. The standard InChI is InChI=1S/C26H23NO6/c1-14-10-17-12-20(14)23-22(17)24(29)27(25(23)30)18-8-6-15(7-9-18)26(31)33-13-21(28)16-4-3-5-19(11-16)32-2/h3-11,17,20,22-23H,12-13H2,1-2H3/t17-,20+,22-,23-/m0/s1. The zero-order valence-corrected chi connectivity index (χ0v) is 18.3. The highest BCUT2D eigenvalue weighted by Gasteiger charge is 2.60. The summed E-state index contributed by atoms with van der Waals surface area (Å²) < 4.78 is 10.2. The van der Waals surface area contributed by atoms with Gasteiger partial charge in [-0.2, -0.15) is 0 Å². The molecule has 33 heavy (non-hydrogen) atoms. The van der Waals surface area contributed by atoms with E-state index in [1.807, 2.05) is 6.92 Å². The number of imide groups is 1. The first-order chi connectivity index (χ1) is 15.9. The van der Waals surface area contributed by atoms with E-state index in [0.29, 0.717) is 17.0 Å². The molecule has 1 heterocycles. The number of carbonyl (C=O) groups excluding carboxylic acids is 4. The Labute approximate surface area is 191 Å². The molecular formula is C26H23NO6. The third kappa shape index (κ3) is 3.44. The second-order valence-electron chi connectivity index (χ2n) is 8.76. The highest BCUT2D eigenvalue weighted by atomic mass is 16.5. The maximum Gasteiger partial charge on any atom is 0.338 e. The van der Waals surface area contributed by atoms with Crippen molar-refractivity contribution in [1.82, 2.24) is 0 Å². The summed E-state index contributed by atoms with van der Waals surface area (Å²) in [5, 5.41) is 0. The summed E-state index contributed by atoms with van der Waals surface area (Å²) >= 11 is 0. The van der Waals surface area contributed by atoms with Gasteiger partial charge in [0, 0.05) is 5.56 Å². The summed E-state index contributed by atoms with van der Waals surface area (Å²) in [6, 6.07) is 12.7. The van der Waals surface area contributed by atoms with Crippen LogP contribution >= 0.6 is 0 Å². The molecule has 2 bridgehead atoms. The Balaban J connectivity index is 1.24. The molecule has 0 unspecified atom stereocenters. The van der Waals surface area contributed by atoms with Gasteiger partial charge in [-0.25, -0.2) is 4.79 Å². The van der Waals surface area contributed by atoms with E-state index in [2.05, 4.69) is 6.08 Å². The number of carbonyl (C=O) groups is 4. The number of benzene rings is 2. The van der Waals surface area contributed by atoms with E-state index in [4.69, 9.17) is 9.47 Å². The van der Waals surface area contributed by atoms with Gasteiger partial charge in [-0.3, -0.25) is 19.3 Å². The topological polar surface area (TPSA) is 90.0 Å². The average Bonchev–Trinajstić information content (AvgIpc) is 3.47. The number of nitrogens with zero attached hydrogens (tertiary/aromatic N) is 1. The Bertz CT molecular complexity index is 1200. The number of hydrogen-bond donors (Lipinski definition) is 0. The normalized spacial score (nSPS) is 25.2. The molecule has 7 nitrogen and oxygen atoms in total. The van der Waals surface area contributed by atoms with Gasteiger partial charge in [-0.1, -0.05) is 23.8 Å². The molecule has 0 aromatic heterocycles. The summed E-state index contributed by atoms with van der Waals surface area (Å²) in [7, 11) is 1.51. The molecule has 7 heteroatoms. The van der Waals surface area contributed by atoms with Gasteiger partial charge in [-0.15, -0.1) is 0 Å². The lowest BCUT2D eigenvalue weighted by Gasteiger charge is -2.19. The first kappa shape index (κ1) is 21.1. The molecule has 2 fully saturated rings. The fourth-order valence-corrected chi connectivity index (χ4v) is 5.37. The smallest absolute Gasteiger partial charge is 0.338 e. The van der Waals surface area contributed by atoms with Gasteiger partial charge >= 0.3 is 5.97 Å². The Kier molecular flexibility index (Phi) is 5.12. The molecule has 4 atom stereocenters. The van der Waals surface area contributed by atoms with Gasteiger partial charge in [0.15, 0.2) is 12.4 Å². The second-order valence-corrected chi connectivity index (χ2v) is 8.76. The van der Waals surface area contributed by atoms with Gasteiger partial charge in [0.1, 0.15) is 5.75 Å². The van der Waals surface area contributed by atoms with Crippen molar-refractivity contribution in [2.45, 2.75) is 13.3 Å². The number of fused-ring (bicyclic) bond motifs is 5. The van der Waals surface area contributed by atoms with Crippen LogP contribution in [0.1, 0.15) is 34.1 Å². The fraction of sp³-hybridized carbons (Fsp3) is 0.308. The van der Waals surface area contributed by atoms with E-state index in [9.17, 15) is 19.2 Å². The van der Waals surface area contributed by atoms with E-state index < -0.39 is 12.6 Å². The largest absolute Gasteiger partial charge is 0.497 e. The van der Waals surface area contributed by atoms with Crippen LogP contribution in [0.25, 0.3) is 0 Å². The maximum absolute atomic E-state index is 13.0. The van der Waals surface area contributed by atoms with Crippen LogP contribution in [-0.2, 0) is 14.3 Å². The summed E-state index contributed by atoms with van der Waals surface area (Å²) in [4.78, 5) is 52.0. The van der Waals surface area contributed by atoms with Gasteiger partial charge in [0.25, 0.3) is 0 Å². The molecule has 5 rings (SSSR count). The molecule has 0 spiro atoms. The number of ketones is 1. The van der Waals surface area contributed by atoms with Gasteiger partial charge in [-0.05, 0) is 61.6 Å². The van der Waals surface area contributed by atoms with Crippen molar-refractivity contribution in [3.8, 4) is 5.75 Å². The number of rotatable bonds is 6. The van der Waals surface area contributed by atoms with Crippen LogP contribution in [0.3, 0.4) is 0 Å². The Morgan fingerprint density at radius 2 is 1.73 bits per heavy atom. The molecule has 2 aliphatic carbocycles. The van der Waals surface area contributed by atoms with E-state index >= 15 is 0 Å². The van der Waals surface area contributed by atoms with Crippen LogP contribution in [0.5, 0.6) is 5.75 Å². The Hall–Kier alpha value is -3.74. The van der Waals surface area contributed by atoms with Crippen molar-refractivity contribution >= 4 is 29.3 Å². The number of amides is 2. The first-order valence-corrected chi connectivity index (χ1v) is 10.9. The molecule has 0 N–H and O–H groups in total. The Morgan fingerprint density at radius 1 is 1.00 bits per heavy atom. The molecule has 1 saturated carbocycles. The third-order valence-electron chi connectivity index (χ3n) is 6.97. The number of ether oxygens (including phenoxy) is 2. The first-order valence-electron chi connectivity index (χ1n) is 10.9. The molecule has 1 saturated heterocycles. The summed E-state index contributed by atoms with van der Waals surface area (Å²) in [5.74, 6) is -1.07. The van der Waals surface area contributed by atoms with E-state index in [-0.39, 0.29) is 46.8 Å². The SMILES string of the molecule is COc1cccc(C(=O)COC(=O)c2ccc(N3C(=O)[C@@H]4[C@@H](C3=O)[C@H]3C=C(C)[C@H]4C3)cc2)c1. The number of hydrogen-bond acceptors (Lipinski definition) is 6. The lowest BCUT2D eigenvalue weighted by Crippen LogP contribution is -2.32. The fourth-order valence-electron chi connectivity index (χ4n) is 5.37. The van der Waals surface area contributed by atoms with E-state index in [1.165, 1.54) is 29.7 Å². The van der Waals surface area contributed by atoms with Gasteiger partial charge < -0.3 is 9.47 Å². The predicted octanol–water partition coefficient (Wildman–Crippen LogP) is 3.44. The van der Waals surface area contributed by atoms with Crippen molar-refractivity contribution in [2.75, 3.05) is 18.6 Å². The highest BCUT2D eigenvalue weighted by Crippen LogP contribution is 2.55. The molecule has 2 aromatic carbocycles. The minimum Gasteiger partial charge on any atom is -0.497 e. The van der Waals surface area contributed by atoms with Crippen molar-refractivity contribution in [3.63, 3.8) is 0 Å². The maximum atomic E-state index is 13.0. The van der Waals surface area contributed by atoms with E-state index in [1.54, 1.807) is 36.4 Å². The summed E-state index contributed by atoms with van der Waals surface area (Å²) in [6.45, 7) is 1.62. The lowest BCUT2D eigenvalue weighted by molar-refractivity contribution is -0.123. The zero-order valence-electron chi connectivity index (χ0n) is 18.3. The zero-order chi connectivity index (χ0) is 23.3. The van der Waals surface area contributed by atoms with Crippen molar-refractivity contribution in [1.29, 1.82) is 0 Å². The van der Waals surface area contributed by atoms with Crippen molar-refractivity contribution in [2.24, 2.45) is 23.7 Å². The minimum atomic E-state index is -0.661. The monoisotopic (exact) mass is 445 g/mol.